The second-order valence-electron chi connectivity index (χ2n) is 5.52. The van der Waals surface area contributed by atoms with Crippen LogP contribution in [0.5, 0.6) is 0 Å². The molecule has 0 amide bonds. The molecule has 0 radical (unpaired) electrons. The van der Waals surface area contributed by atoms with Gasteiger partial charge in [-0.2, -0.15) is 0 Å². The van der Waals surface area contributed by atoms with Crippen LogP contribution >= 0.6 is 7.82 Å². The van der Waals surface area contributed by atoms with Gasteiger partial charge in [-0.25, -0.2) is 4.57 Å². The number of rotatable bonds is 15. The smallest absolute Gasteiger partial charge is 0.376 e. The molecular formula is C15H33O5P. The zero-order valence-corrected chi connectivity index (χ0v) is 14.5. The lowest BCUT2D eigenvalue weighted by Crippen LogP contribution is -2.16. The maximum Gasteiger partial charge on any atom is 0.469 e. The van der Waals surface area contributed by atoms with Gasteiger partial charge in [-0.15, -0.1) is 0 Å². The van der Waals surface area contributed by atoms with Gasteiger partial charge in [-0.3, -0.25) is 4.52 Å². The summed E-state index contributed by atoms with van der Waals surface area (Å²) in [5.74, 6) is 0. The topological polar surface area (TPSA) is 76.0 Å². The summed E-state index contributed by atoms with van der Waals surface area (Å²) in [4.78, 5) is 17.2. The van der Waals surface area contributed by atoms with Crippen molar-refractivity contribution in [3.05, 3.63) is 0 Å². The monoisotopic (exact) mass is 324 g/mol. The van der Waals surface area contributed by atoms with E-state index in [9.17, 15) is 4.57 Å². The van der Waals surface area contributed by atoms with Crippen LogP contribution in [0.1, 0.15) is 78.1 Å². The van der Waals surface area contributed by atoms with E-state index >= 15 is 0 Å². The first kappa shape index (κ1) is 21.1. The number of hydrogen-bond donors (Lipinski definition) is 2. The SMILES string of the molecule is CCCCCCCC(CCCCC)OCCOP(=O)(O)O. The number of unbranched alkanes of at least 4 members (excludes halogenated alkanes) is 6. The molecule has 0 aromatic carbocycles. The summed E-state index contributed by atoms with van der Waals surface area (Å²) in [6, 6.07) is 0. The van der Waals surface area contributed by atoms with Crippen molar-refractivity contribution < 1.29 is 23.6 Å². The predicted molar refractivity (Wildman–Crippen MR) is 85.3 cm³/mol. The Morgan fingerprint density at radius 3 is 1.95 bits per heavy atom. The summed E-state index contributed by atoms with van der Waals surface area (Å²) in [5, 5.41) is 0. The average Bonchev–Trinajstić information content (AvgIpc) is 2.41. The molecule has 0 aliphatic carbocycles. The van der Waals surface area contributed by atoms with Gasteiger partial charge >= 0.3 is 7.82 Å². The maximum atomic E-state index is 10.6. The maximum absolute atomic E-state index is 10.6. The van der Waals surface area contributed by atoms with Crippen LogP contribution in [0, 0.1) is 0 Å². The molecule has 21 heavy (non-hydrogen) atoms. The van der Waals surface area contributed by atoms with E-state index in [2.05, 4.69) is 18.4 Å². The van der Waals surface area contributed by atoms with Gasteiger partial charge in [0.05, 0.1) is 19.3 Å². The highest BCUT2D eigenvalue weighted by Gasteiger charge is 2.14. The molecule has 2 N–H and O–H groups in total. The van der Waals surface area contributed by atoms with E-state index < -0.39 is 7.82 Å². The minimum absolute atomic E-state index is 0.0512. The minimum atomic E-state index is -4.37. The second kappa shape index (κ2) is 13.7. The van der Waals surface area contributed by atoms with Crippen molar-refractivity contribution in [2.75, 3.05) is 13.2 Å². The van der Waals surface area contributed by atoms with Gasteiger partial charge in [-0.05, 0) is 12.8 Å². The molecule has 1 unspecified atom stereocenters. The van der Waals surface area contributed by atoms with Gasteiger partial charge in [0.1, 0.15) is 0 Å². The third kappa shape index (κ3) is 16.3. The summed E-state index contributed by atoms with van der Waals surface area (Å²) < 4.78 is 20.7. The zero-order chi connectivity index (χ0) is 16.0. The van der Waals surface area contributed by atoms with Gasteiger partial charge in [0.25, 0.3) is 0 Å². The Morgan fingerprint density at radius 1 is 0.857 bits per heavy atom. The first-order chi connectivity index (χ1) is 9.99. The molecule has 128 valence electrons. The summed E-state index contributed by atoms with van der Waals surface area (Å²) in [6.07, 6.45) is 12.0. The second-order valence-corrected chi connectivity index (χ2v) is 6.75. The Labute approximate surface area is 129 Å². The molecule has 0 spiro atoms. The van der Waals surface area contributed by atoms with E-state index in [1.807, 2.05) is 0 Å². The fourth-order valence-electron chi connectivity index (χ4n) is 2.28. The van der Waals surface area contributed by atoms with Crippen LogP contribution in [0.15, 0.2) is 0 Å². The van der Waals surface area contributed by atoms with Crippen molar-refractivity contribution in [2.45, 2.75) is 84.2 Å². The molecule has 5 nitrogen and oxygen atoms in total. The van der Waals surface area contributed by atoms with Crippen LogP contribution in [0.2, 0.25) is 0 Å². The van der Waals surface area contributed by atoms with E-state index in [4.69, 9.17) is 14.5 Å². The third-order valence-corrected chi connectivity index (χ3v) is 3.97. The minimum Gasteiger partial charge on any atom is -0.376 e. The molecule has 0 aliphatic heterocycles. The molecule has 0 bridgehead atoms. The van der Waals surface area contributed by atoms with Crippen LogP contribution in [0.25, 0.3) is 0 Å². The summed E-state index contributed by atoms with van der Waals surface area (Å²) in [5.41, 5.74) is 0. The molecule has 0 saturated heterocycles. The fraction of sp³-hybridized carbons (Fsp3) is 1.00. The molecule has 1 atom stereocenters. The van der Waals surface area contributed by atoms with Crippen LogP contribution in [0.3, 0.4) is 0 Å². The lowest BCUT2D eigenvalue weighted by Gasteiger charge is -2.18. The van der Waals surface area contributed by atoms with Crippen LogP contribution in [-0.4, -0.2) is 29.1 Å². The summed E-state index contributed by atoms with van der Waals surface area (Å²) in [7, 11) is -4.37. The normalized spacial score (nSPS) is 13.5. The Bertz CT molecular complexity index is 267. The molecule has 0 rings (SSSR count). The zero-order valence-electron chi connectivity index (χ0n) is 13.6. The molecule has 0 fully saturated rings. The number of ether oxygens (including phenoxy) is 1. The Kier molecular flexibility index (Phi) is 13.8. The van der Waals surface area contributed by atoms with Crippen molar-refractivity contribution in [1.82, 2.24) is 0 Å². The highest BCUT2D eigenvalue weighted by molar-refractivity contribution is 7.46. The fourth-order valence-corrected chi connectivity index (χ4v) is 2.59. The molecular weight excluding hydrogens is 291 g/mol. The van der Waals surface area contributed by atoms with Crippen molar-refractivity contribution >= 4 is 7.82 Å². The standard InChI is InChI=1S/C15H33O5P/c1-3-5-7-8-10-12-15(11-9-6-4-2)19-13-14-20-21(16,17)18/h15H,3-14H2,1-2H3,(H2,16,17,18). The quantitative estimate of drug-likeness (QED) is 0.344. The number of phosphoric acid groups is 1. The van der Waals surface area contributed by atoms with Gasteiger partial charge in [0.15, 0.2) is 0 Å². The molecule has 0 aromatic rings. The van der Waals surface area contributed by atoms with Gasteiger partial charge < -0.3 is 14.5 Å². The Morgan fingerprint density at radius 2 is 1.38 bits per heavy atom. The lowest BCUT2D eigenvalue weighted by molar-refractivity contribution is 0.0160. The molecule has 0 saturated carbocycles. The van der Waals surface area contributed by atoms with E-state index in [-0.39, 0.29) is 19.3 Å². The molecule has 0 aliphatic rings. The van der Waals surface area contributed by atoms with Gasteiger partial charge in [0, 0.05) is 0 Å². The van der Waals surface area contributed by atoms with Gasteiger partial charge in [-0.1, -0.05) is 65.2 Å². The van der Waals surface area contributed by atoms with Crippen molar-refractivity contribution in [3.8, 4) is 0 Å². The molecule has 6 heteroatoms. The third-order valence-electron chi connectivity index (χ3n) is 3.46. The van der Waals surface area contributed by atoms with Crippen molar-refractivity contribution in [2.24, 2.45) is 0 Å². The van der Waals surface area contributed by atoms with Crippen LogP contribution in [0.4, 0.5) is 0 Å². The largest absolute Gasteiger partial charge is 0.469 e. The summed E-state index contributed by atoms with van der Waals surface area (Å²) >= 11 is 0. The first-order valence-corrected chi connectivity index (χ1v) is 9.84. The van der Waals surface area contributed by atoms with E-state index in [0.29, 0.717) is 0 Å². The summed E-state index contributed by atoms with van der Waals surface area (Å²) in [6.45, 7) is 4.58. The van der Waals surface area contributed by atoms with Gasteiger partial charge in [0.2, 0.25) is 0 Å². The van der Waals surface area contributed by atoms with E-state index in [1.165, 1.54) is 38.5 Å². The Balaban J connectivity index is 3.82. The lowest BCUT2D eigenvalue weighted by atomic mass is 10.0. The highest BCUT2D eigenvalue weighted by Crippen LogP contribution is 2.35. The average molecular weight is 324 g/mol. The van der Waals surface area contributed by atoms with E-state index in [0.717, 1.165) is 25.7 Å². The first-order valence-electron chi connectivity index (χ1n) is 8.31. The predicted octanol–water partition coefficient (Wildman–Crippen LogP) is 4.42. The van der Waals surface area contributed by atoms with Crippen molar-refractivity contribution in [3.63, 3.8) is 0 Å². The highest BCUT2D eigenvalue weighted by atomic mass is 31.2. The number of phosphoric ester groups is 1. The number of hydrogen-bond acceptors (Lipinski definition) is 3. The van der Waals surface area contributed by atoms with Crippen LogP contribution < -0.4 is 0 Å². The van der Waals surface area contributed by atoms with Crippen molar-refractivity contribution in [1.29, 1.82) is 0 Å². The van der Waals surface area contributed by atoms with Crippen LogP contribution in [-0.2, 0) is 13.8 Å². The van der Waals surface area contributed by atoms with E-state index in [1.54, 1.807) is 0 Å². The Hall–Kier alpha value is 0.0700. The molecule has 0 heterocycles. The molecule has 0 aromatic heterocycles.